The van der Waals surface area contributed by atoms with Crippen LogP contribution in [0.15, 0.2) is 29.5 Å². The summed E-state index contributed by atoms with van der Waals surface area (Å²) in [6.45, 7) is 0. The van der Waals surface area contributed by atoms with Crippen molar-refractivity contribution in [2.75, 3.05) is 0 Å². The number of nitrogens with zero attached hydrogens (tertiary/aromatic N) is 4. The van der Waals surface area contributed by atoms with Gasteiger partial charge in [0.05, 0.1) is 32.0 Å². The van der Waals surface area contributed by atoms with Gasteiger partial charge < -0.3 is 0 Å². The lowest BCUT2D eigenvalue weighted by atomic mass is 9.89. The van der Waals surface area contributed by atoms with Gasteiger partial charge in [-0.25, -0.2) is 0 Å². The van der Waals surface area contributed by atoms with Crippen LogP contribution in [0.4, 0.5) is 11.4 Å². The van der Waals surface area contributed by atoms with Gasteiger partial charge in [-0.2, -0.15) is 0 Å². The highest BCUT2D eigenvalue weighted by Gasteiger charge is 2.48. The first-order chi connectivity index (χ1) is 12.1. The van der Waals surface area contributed by atoms with Crippen LogP contribution >= 0.6 is 0 Å². The Hall–Kier alpha value is -4.03. The zero-order valence-electron chi connectivity index (χ0n) is 12.5. The SMILES string of the molecule is O=C1C2=C(c3c1cc([N+](=O)[O-])cc3[N+](=O)[O-])C([N+](=O)[O-])CC([N+](=O)[O-])=C2. The molecule has 26 heavy (non-hydrogen) atoms. The highest BCUT2D eigenvalue weighted by Crippen LogP contribution is 2.47. The first-order valence-corrected chi connectivity index (χ1v) is 6.88. The van der Waals surface area contributed by atoms with Crippen molar-refractivity contribution in [2.24, 2.45) is 0 Å². The lowest BCUT2D eigenvalue weighted by Gasteiger charge is -2.15. The summed E-state index contributed by atoms with van der Waals surface area (Å²) in [5.74, 6) is -0.965. The largest absolute Gasteiger partial charge is 0.289 e. The van der Waals surface area contributed by atoms with Crippen LogP contribution in [-0.2, 0) is 0 Å². The van der Waals surface area contributed by atoms with Crippen molar-refractivity contribution >= 4 is 22.7 Å². The van der Waals surface area contributed by atoms with E-state index in [9.17, 15) is 45.3 Å². The van der Waals surface area contributed by atoms with Gasteiger partial charge in [0, 0.05) is 28.2 Å². The second-order valence-corrected chi connectivity index (χ2v) is 5.46. The van der Waals surface area contributed by atoms with E-state index in [-0.39, 0.29) is 5.57 Å². The molecule has 3 rings (SSSR count). The topological polar surface area (TPSA) is 190 Å². The molecule has 1 unspecified atom stereocenters. The van der Waals surface area contributed by atoms with Crippen LogP contribution in [0.2, 0.25) is 0 Å². The number of nitro benzene ring substituents is 2. The van der Waals surface area contributed by atoms with Gasteiger partial charge in [-0.3, -0.25) is 45.3 Å². The maximum Gasteiger partial charge on any atom is 0.284 e. The van der Waals surface area contributed by atoms with E-state index in [0.717, 1.165) is 12.1 Å². The predicted octanol–water partition coefficient (Wildman–Crippen LogP) is 1.66. The van der Waals surface area contributed by atoms with Crippen LogP contribution in [-0.4, -0.2) is 31.5 Å². The molecule has 0 aliphatic heterocycles. The molecule has 132 valence electrons. The number of carbonyl (C=O) groups excluding carboxylic acids is 1. The molecule has 0 saturated heterocycles. The molecule has 0 radical (unpaired) electrons. The van der Waals surface area contributed by atoms with Gasteiger partial charge in [-0.05, 0) is 0 Å². The number of Topliss-reactive ketones (excluding diaryl/α,β-unsaturated/α-hetero) is 1. The first kappa shape index (κ1) is 16.8. The van der Waals surface area contributed by atoms with Gasteiger partial charge in [0.15, 0.2) is 5.78 Å². The number of nitro groups is 4. The molecule has 2 aliphatic rings. The molecule has 1 aromatic carbocycles. The fourth-order valence-electron chi connectivity index (χ4n) is 3.05. The number of hydrogen-bond donors (Lipinski definition) is 0. The molecule has 2 aliphatic carbocycles. The normalized spacial score (nSPS) is 18.1. The minimum atomic E-state index is -1.75. The highest BCUT2D eigenvalue weighted by atomic mass is 16.6. The second kappa shape index (κ2) is 5.51. The van der Waals surface area contributed by atoms with Crippen LogP contribution in [0.3, 0.4) is 0 Å². The van der Waals surface area contributed by atoms with Crippen molar-refractivity contribution in [2.45, 2.75) is 12.5 Å². The lowest BCUT2D eigenvalue weighted by molar-refractivity contribution is -0.514. The number of carbonyl (C=O) groups is 1. The average molecular weight is 362 g/mol. The summed E-state index contributed by atoms with van der Waals surface area (Å²) in [4.78, 5) is 53.5. The minimum absolute atomic E-state index is 0.331. The summed E-state index contributed by atoms with van der Waals surface area (Å²) in [6.07, 6.45) is 0.160. The summed E-state index contributed by atoms with van der Waals surface area (Å²) in [5.41, 5.74) is -3.78. The predicted molar refractivity (Wildman–Crippen MR) is 81.5 cm³/mol. The van der Waals surface area contributed by atoms with E-state index in [1.807, 2.05) is 0 Å². The monoisotopic (exact) mass is 362 g/mol. The van der Waals surface area contributed by atoms with Crippen molar-refractivity contribution in [3.05, 3.63) is 81.1 Å². The second-order valence-electron chi connectivity index (χ2n) is 5.46. The number of hydrogen-bond acceptors (Lipinski definition) is 9. The Morgan fingerprint density at radius 1 is 0.923 bits per heavy atom. The van der Waals surface area contributed by atoms with Crippen LogP contribution in [0.5, 0.6) is 0 Å². The van der Waals surface area contributed by atoms with Crippen molar-refractivity contribution in [1.29, 1.82) is 0 Å². The van der Waals surface area contributed by atoms with Gasteiger partial charge in [0.1, 0.15) is 6.42 Å². The fraction of sp³-hybridized carbons (Fsp3) is 0.154. The molecule has 13 heteroatoms. The highest BCUT2D eigenvalue weighted by molar-refractivity contribution is 6.24. The Labute approximate surface area is 141 Å². The van der Waals surface area contributed by atoms with Crippen LogP contribution in [0.25, 0.3) is 5.57 Å². The summed E-state index contributed by atoms with van der Waals surface area (Å²) in [7, 11) is 0. The third kappa shape index (κ3) is 2.29. The van der Waals surface area contributed by atoms with Crippen molar-refractivity contribution in [1.82, 2.24) is 0 Å². The zero-order chi connectivity index (χ0) is 19.3. The number of non-ortho nitro benzene ring substituents is 1. The molecule has 1 atom stereocenters. The Morgan fingerprint density at radius 2 is 1.58 bits per heavy atom. The molecule has 0 heterocycles. The van der Waals surface area contributed by atoms with Crippen molar-refractivity contribution in [3.8, 4) is 0 Å². The van der Waals surface area contributed by atoms with Gasteiger partial charge in [-0.1, -0.05) is 0 Å². The van der Waals surface area contributed by atoms with E-state index in [1.54, 1.807) is 0 Å². The Bertz CT molecular complexity index is 1010. The number of rotatable bonds is 4. The molecular formula is C13H6N4O9. The molecule has 0 N–H and O–H groups in total. The average Bonchev–Trinajstić information content (AvgIpc) is 2.85. The van der Waals surface area contributed by atoms with Gasteiger partial charge in [0.2, 0.25) is 6.04 Å². The van der Waals surface area contributed by atoms with Gasteiger partial charge in [0.25, 0.3) is 17.1 Å². The van der Waals surface area contributed by atoms with Crippen LogP contribution in [0.1, 0.15) is 22.3 Å². The molecule has 0 saturated carbocycles. The summed E-state index contributed by atoms with van der Waals surface area (Å²) in [5, 5.41) is 44.6. The summed E-state index contributed by atoms with van der Waals surface area (Å²) in [6, 6.07) is -0.369. The van der Waals surface area contributed by atoms with Crippen molar-refractivity contribution < 1.29 is 24.5 Å². The number of allylic oxidation sites excluding steroid dienone is 2. The van der Waals surface area contributed by atoms with Crippen LogP contribution in [0, 0.1) is 40.5 Å². The third-order valence-corrected chi connectivity index (χ3v) is 4.09. The van der Waals surface area contributed by atoms with E-state index in [1.165, 1.54) is 0 Å². The van der Waals surface area contributed by atoms with E-state index in [4.69, 9.17) is 0 Å². The number of fused-ring (bicyclic) bond motifs is 2. The summed E-state index contributed by atoms with van der Waals surface area (Å²) >= 11 is 0. The third-order valence-electron chi connectivity index (χ3n) is 4.09. The minimum Gasteiger partial charge on any atom is -0.289 e. The maximum absolute atomic E-state index is 12.5. The molecule has 0 spiro atoms. The van der Waals surface area contributed by atoms with Gasteiger partial charge >= 0.3 is 0 Å². The van der Waals surface area contributed by atoms with E-state index in [0.29, 0.717) is 6.07 Å². The molecule has 13 nitrogen and oxygen atoms in total. The number of ketones is 1. The zero-order valence-corrected chi connectivity index (χ0v) is 12.5. The van der Waals surface area contributed by atoms with Crippen LogP contribution < -0.4 is 0 Å². The van der Waals surface area contributed by atoms with E-state index < -0.39 is 71.7 Å². The quantitative estimate of drug-likeness (QED) is 0.566. The van der Waals surface area contributed by atoms with E-state index >= 15 is 0 Å². The molecule has 0 bridgehead atoms. The molecule has 1 aromatic rings. The van der Waals surface area contributed by atoms with E-state index in [2.05, 4.69) is 0 Å². The fourth-order valence-corrected chi connectivity index (χ4v) is 3.05. The Kier molecular flexibility index (Phi) is 3.56. The maximum atomic E-state index is 12.5. The van der Waals surface area contributed by atoms with Gasteiger partial charge in [-0.15, -0.1) is 0 Å². The standard InChI is InChI=1S/C13H6N4O9/c18-13-7-1-5(14(19)20)3-9(16(23)24)11(7)12-8(13)2-6(15(21)22)4-10(12)17(25)26/h1-3,10H,4H2. The Balaban J connectivity index is 2.37. The van der Waals surface area contributed by atoms with Crippen molar-refractivity contribution in [3.63, 3.8) is 0 Å². The summed E-state index contributed by atoms with van der Waals surface area (Å²) < 4.78 is 0. The first-order valence-electron chi connectivity index (χ1n) is 6.88. The molecule has 0 fully saturated rings. The molecule has 0 aromatic heterocycles. The lowest BCUT2D eigenvalue weighted by Crippen LogP contribution is -2.26. The Morgan fingerprint density at radius 3 is 2.08 bits per heavy atom. The molecular weight excluding hydrogens is 356 g/mol. The molecule has 0 amide bonds. The number of benzene rings is 1. The smallest absolute Gasteiger partial charge is 0.284 e.